The van der Waals surface area contributed by atoms with Gasteiger partial charge in [-0.15, -0.1) is 11.8 Å². The Morgan fingerprint density at radius 2 is 2.56 bits per heavy atom. The second kappa shape index (κ2) is 2.40. The first-order valence-corrected chi connectivity index (χ1v) is 3.84. The second-order valence-corrected chi connectivity index (χ2v) is 3.45. The summed E-state index contributed by atoms with van der Waals surface area (Å²) in [5.41, 5.74) is 0. The van der Waals surface area contributed by atoms with E-state index in [1.165, 1.54) is 0 Å². The fourth-order valence-corrected chi connectivity index (χ4v) is 1.85. The maximum atomic E-state index is 10.8. The summed E-state index contributed by atoms with van der Waals surface area (Å²) < 4.78 is 0. The smallest absolute Gasteiger partial charge is 0.160 e. The summed E-state index contributed by atoms with van der Waals surface area (Å²) in [6.45, 7) is 1.92. The molecule has 2 atom stereocenters. The zero-order valence-corrected chi connectivity index (χ0v) is 5.94. The summed E-state index contributed by atoms with van der Waals surface area (Å²) in [4.78, 5) is 10.8. The minimum absolute atomic E-state index is 0.0926. The number of nitrogens with zero attached hydrogens (tertiary/aromatic N) is 1. The third kappa shape index (κ3) is 1.08. The summed E-state index contributed by atoms with van der Waals surface area (Å²) in [5, 5.41) is 8.63. The molecule has 1 rings (SSSR count). The molecule has 1 heterocycles. The highest BCUT2D eigenvalue weighted by atomic mass is 32.2. The lowest BCUT2D eigenvalue weighted by Crippen LogP contribution is -2.13. The number of nitriles is 1. The minimum Gasteiger partial charge on any atom is -0.297 e. The molecule has 0 aromatic rings. The van der Waals surface area contributed by atoms with Gasteiger partial charge in [-0.1, -0.05) is 6.92 Å². The second-order valence-electron chi connectivity index (χ2n) is 2.09. The fraction of sp³-hybridized carbons (Fsp3) is 0.667. The molecule has 2 unspecified atom stereocenters. The van der Waals surface area contributed by atoms with Crippen molar-refractivity contribution in [1.29, 1.82) is 5.26 Å². The molecule has 1 aliphatic rings. The molecule has 2 nitrogen and oxygen atoms in total. The van der Waals surface area contributed by atoms with Gasteiger partial charge in [-0.2, -0.15) is 5.26 Å². The number of thioether (sulfide) groups is 1. The summed E-state index contributed by atoms with van der Waals surface area (Å²) >= 11 is 1.57. The molecule has 0 aromatic carbocycles. The molecule has 0 aliphatic carbocycles. The number of carbonyl (C=O) groups excluding carboxylic acids is 1. The van der Waals surface area contributed by atoms with Crippen LogP contribution in [0.15, 0.2) is 0 Å². The van der Waals surface area contributed by atoms with Crippen LogP contribution in [0.2, 0.25) is 0 Å². The van der Waals surface area contributed by atoms with E-state index in [1.54, 1.807) is 11.8 Å². The van der Waals surface area contributed by atoms with Crippen LogP contribution in [0, 0.1) is 17.2 Å². The van der Waals surface area contributed by atoms with Crippen molar-refractivity contribution in [1.82, 2.24) is 0 Å². The lowest BCUT2D eigenvalue weighted by Gasteiger charge is -1.99. The van der Waals surface area contributed by atoms with Crippen molar-refractivity contribution < 1.29 is 4.79 Å². The van der Waals surface area contributed by atoms with Gasteiger partial charge in [-0.3, -0.25) is 4.79 Å². The molecule has 0 radical (unpaired) electrons. The number of rotatable bonds is 0. The van der Waals surface area contributed by atoms with Crippen LogP contribution >= 0.6 is 11.8 Å². The van der Waals surface area contributed by atoms with Gasteiger partial charge in [0.1, 0.15) is 5.92 Å². The highest BCUT2D eigenvalue weighted by molar-refractivity contribution is 8.01. The van der Waals surface area contributed by atoms with Crippen LogP contribution in [-0.2, 0) is 4.79 Å². The number of ketones is 1. The quantitative estimate of drug-likeness (QED) is 0.501. The van der Waals surface area contributed by atoms with Crippen molar-refractivity contribution in [2.24, 2.45) is 5.92 Å². The van der Waals surface area contributed by atoms with Crippen LogP contribution < -0.4 is 0 Å². The Balaban J connectivity index is 2.69. The molecule has 9 heavy (non-hydrogen) atoms. The predicted octanol–water partition coefficient (Wildman–Crippen LogP) is 0.831. The van der Waals surface area contributed by atoms with Crippen molar-refractivity contribution in [2.45, 2.75) is 12.2 Å². The average molecular weight is 141 g/mol. The van der Waals surface area contributed by atoms with E-state index in [0.29, 0.717) is 5.75 Å². The maximum absolute atomic E-state index is 10.8. The molecular formula is C6H7NOS. The molecule has 0 spiro atoms. The Morgan fingerprint density at radius 1 is 1.89 bits per heavy atom. The van der Waals surface area contributed by atoms with E-state index < -0.39 is 0 Å². The van der Waals surface area contributed by atoms with E-state index in [2.05, 4.69) is 0 Å². The molecule has 1 saturated heterocycles. The van der Waals surface area contributed by atoms with Crippen LogP contribution in [0.25, 0.3) is 0 Å². The molecule has 0 N–H and O–H groups in total. The van der Waals surface area contributed by atoms with E-state index in [0.717, 1.165) is 0 Å². The molecule has 48 valence electrons. The highest BCUT2D eigenvalue weighted by Crippen LogP contribution is 2.28. The summed E-state index contributed by atoms with van der Waals surface area (Å²) in [5.74, 6) is 0.282. The van der Waals surface area contributed by atoms with Crippen LogP contribution in [0.1, 0.15) is 6.92 Å². The predicted molar refractivity (Wildman–Crippen MR) is 36.0 cm³/mol. The van der Waals surface area contributed by atoms with Crippen LogP contribution in [0.3, 0.4) is 0 Å². The molecular weight excluding hydrogens is 134 g/mol. The molecule has 0 aromatic heterocycles. The van der Waals surface area contributed by atoms with Crippen molar-refractivity contribution in [2.75, 3.05) is 5.75 Å². The average Bonchev–Trinajstić information content (AvgIpc) is 2.12. The van der Waals surface area contributed by atoms with Gasteiger partial charge in [0.05, 0.1) is 11.8 Å². The van der Waals surface area contributed by atoms with Crippen molar-refractivity contribution in [3.8, 4) is 6.07 Å². The first-order chi connectivity index (χ1) is 4.25. The number of carbonyl (C=O) groups is 1. The van der Waals surface area contributed by atoms with E-state index in [4.69, 9.17) is 5.26 Å². The molecule has 1 aliphatic heterocycles. The summed E-state index contributed by atoms with van der Waals surface area (Å²) in [7, 11) is 0. The number of hydrogen-bond acceptors (Lipinski definition) is 3. The SMILES string of the molecule is CC1SCC(=O)C1C#N. The van der Waals surface area contributed by atoms with Gasteiger partial charge in [0.2, 0.25) is 0 Å². The molecule has 3 heteroatoms. The largest absolute Gasteiger partial charge is 0.297 e. The van der Waals surface area contributed by atoms with E-state index in [9.17, 15) is 4.79 Å². The Labute approximate surface area is 58.2 Å². The topological polar surface area (TPSA) is 40.9 Å². The zero-order valence-electron chi connectivity index (χ0n) is 5.13. The van der Waals surface area contributed by atoms with Crippen molar-refractivity contribution in [3.63, 3.8) is 0 Å². The normalized spacial score (nSPS) is 34.4. The van der Waals surface area contributed by atoms with Gasteiger partial charge >= 0.3 is 0 Å². The van der Waals surface area contributed by atoms with Gasteiger partial charge in [-0.25, -0.2) is 0 Å². The molecule has 1 fully saturated rings. The Hall–Kier alpha value is -0.490. The fourth-order valence-electron chi connectivity index (χ4n) is 0.838. The number of hydrogen-bond donors (Lipinski definition) is 0. The number of Topliss-reactive ketones (excluding diaryl/α,β-unsaturated/α-hetero) is 1. The zero-order chi connectivity index (χ0) is 6.85. The molecule has 0 bridgehead atoms. The summed E-state index contributed by atoms with van der Waals surface area (Å²) in [6, 6.07) is 1.99. The Kier molecular flexibility index (Phi) is 1.77. The lowest BCUT2D eigenvalue weighted by atomic mass is 10.1. The van der Waals surface area contributed by atoms with Crippen molar-refractivity contribution in [3.05, 3.63) is 0 Å². The Morgan fingerprint density at radius 3 is 2.78 bits per heavy atom. The first-order valence-electron chi connectivity index (χ1n) is 2.79. The lowest BCUT2D eigenvalue weighted by molar-refractivity contribution is -0.118. The third-order valence-electron chi connectivity index (χ3n) is 1.44. The molecule has 0 saturated carbocycles. The summed E-state index contributed by atoms with van der Waals surface area (Å²) in [6.07, 6.45) is 0. The Bertz CT molecular complexity index is 172. The molecule has 0 amide bonds. The van der Waals surface area contributed by atoms with Gasteiger partial charge in [-0.05, 0) is 0 Å². The van der Waals surface area contributed by atoms with Crippen LogP contribution in [0.4, 0.5) is 0 Å². The maximum Gasteiger partial charge on any atom is 0.160 e. The first kappa shape index (κ1) is 6.63. The monoisotopic (exact) mass is 141 g/mol. The van der Waals surface area contributed by atoms with Gasteiger partial charge in [0.25, 0.3) is 0 Å². The van der Waals surface area contributed by atoms with Gasteiger partial charge < -0.3 is 0 Å². The minimum atomic E-state index is -0.338. The van der Waals surface area contributed by atoms with E-state index in [1.807, 2.05) is 13.0 Å². The standard InChI is InChI=1S/C6H7NOS/c1-4-5(2-7)6(8)3-9-4/h4-5H,3H2,1H3. The van der Waals surface area contributed by atoms with Gasteiger partial charge in [0, 0.05) is 5.25 Å². The highest BCUT2D eigenvalue weighted by Gasteiger charge is 2.31. The van der Waals surface area contributed by atoms with Crippen LogP contribution in [-0.4, -0.2) is 16.8 Å². The van der Waals surface area contributed by atoms with Gasteiger partial charge in [0.15, 0.2) is 5.78 Å². The van der Waals surface area contributed by atoms with Crippen LogP contribution in [0.5, 0.6) is 0 Å². The van der Waals surface area contributed by atoms with Crippen molar-refractivity contribution >= 4 is 17.5 Å². The van der Waals surface area contributed by atoms with E-state index in [-0.39, 0.29) is 17.0 Å². The van der Waals surface area contributed by atoms with E-state index >= 15 is 0 Å². The third-order valence-corrected chi connectivity index (χ3v) is 2.69.